The topological polar surface area (TPSA) is 68.1 Å². The van der Waals surface area contributed by atoms with E-state index in [4.69, 9.17) is 14.7 Å². The first kappa shape index (κ1) is 12.4. The molecule has 0 fully saturated rings. The average molecular weight is 249 g/mol. The number of hydrogen-bond donors (Lipinski definition) is 1. The number of carboxylic acids is 1. The maximum Gasteiger partial charge on any atom is 0.351 e. The zero-order valence-electron chi connectivity index (χ0n) is 10.3. The maximum atomic E-state index is 11.0. The highest BCUT2D eigenvalue weighted by Gasteiger charge is 2.42. The molecule has 0 saturated carbocycles. The molecule has 1 aliphatic heterocycles. The summed E-state index contributed by atoms with van der Waals surface area (Å²) in [6, 6.07) is 7.39. The third-order valence-corrected chi connectivity index (χ3v) is 2.79. The van der Waals surface area contributed by atoms with Crippen molar-refractivity contribution < 1.29 is 19.5 Å². The van der Waals surface area contributed by atoms with Crippen LogP contribution in [0.1, 0.15) is 25.8 Å². The highest BCUT2D eigenvalue weighted by atomic mass is 16.7. The molecule has 18 heavy (non-hydrogen) atoms. The molecule has 0 bridgehead atoms. The first-order chi connectivity index (χ1) is 8.55. The van der Waals surface area contributed by atoms with E-state index in [0.29, 0.717) is 12.3 Å². The van der Waals surface area contributed by atoms with E-state index in [0.717, 1.165) is 11.3 Å². The monoisotopic (exact) mass is 249 g/mol. The fraction of sp³-hybridized carbons (Fsp3) is 0.385. The van der Waals surface area contributed by atoms with Crippen LogP contribution in [0, 0.1) is 0 Å². The summed E-state index contributed by atoms with van der Waals surface area (Å²) in [5.41, 5.74) is 0.184. The van der Waals surface area contributed by atoms with E-state index in [1.54, 1.807) is 0 Å². The van der Waals surface area contributed by atoms with E-state index in [9.17, 15) is 4.79 Å². The smallest absolute Gasteiger partial charge is 0.351 e. The molecule has 5 heteroatoms. The molecule has 0 spiro atoms. The van der Waals surface area contributed by atoms with E-state index in [1.807, 2.05) is 31.2 Å². The van der Waals surface area contributed by atoms with Crippen LogP contribution in [-0.2, 0) is 9.63 Å². The van der Waals surface area contributed by atoms with E-state index in [-0.39, 0.29) is 6.42 Å². The second-order valence-corrected chi connectivity index (χ2v) is 4.30. The number of hydrogen-bond acceptors (Lipinski definition) is 4. The van der Waals surface area contributed by atoms with Gasteiger partial charge in [-0.15, -0.1) is 0 Å². The fourth-order valence-electron chi connectivity index (χ4n) is 1.74. The van der Waals surface area contributed by atoms with E-state index in [2.05, 4.69) is 5.16 Å². The highest BCUT2D eigenvalue weighted by molar-refractivity contribution is 6.04. The summed E-state index contributed by atoms with van der Waals surface area (Å²) in [4.78, 5) is 16.1. The van der Waals surface area contributed by atoms with Gasteiger partial charge in [0.15, 0.2) is 0 Å². The van der Waals surface area contributed by atoms with Gasteiger partial charge in [0.25, 0.3) is 0 Å². The molecule has 1 aromatic carbocycles. The molecule has 1 atom stereocenters. The van der Waals surface area contributed by atoms with Gasteiger partial charge in [-0.3, -0.25) is 0 Å². The van der Waals surface area contributed by atoms with Crippen LogP contribution in [-0.4, -0.2) is 29.0 Å². The number of carboxylic acid groups (broad SMARTS) is 1. The number of oxime groups is 1. The molecule has 0 radical (unpaired) electrons. The molecule has 2 rings (SSSR count). The lowest BCUT2D eigenvalue weighted by Gasteiger charge is -2.14. The van der Waals surface area contributed by atoms with Gasteiger partial charge in [-0.2, -0.15) is 0 Å². The van der Waals surface area contributed by atoms with Gasteiger partial charge in [0.2, 0.25) is 5.60 Å². The largest absolute Gasteiger partial charge is 0.494 e. The number of carbonyl (C=O) groups is 1. The first-order valence-corrected chi connectivity index (χ1v) is 5.77. The minimum Gasteiger partial charge on any atom is -0.494 e. The van der Waals surface area contributed by atoms with Crippen molar-refractivity contribution in [3.63, 3.8) is 0 Å². The summed E-state index contributed by atoms with van der Waals surface area (Å²) in [6.45, 7) is 4.00. The van der Waals surface area contributed by atoms with Crippen LogP contribution in [0.3, 0.4) is 0 Å². The Balaban J connectivity index is 2.19. The van der Waals surface area contributed by atoms with Crippen LogP contribution >= 0.6 is 0 Å². The molecular formula is C13H15NO4. The molecule has 1 aromatic rings. The number of benzene rings is 1. The lowest BCUT2D eigenvalue weighted by Crippen LogP contribution is -2.35. The van der Waals surface area contributed by atoms with E-state index >= 15 is 0 Å². The third-order valence-electron chi connectivity index (χ3n) is 2.79. The van der Waals surface area contributed by atoms with Gasteiger partial charge in [-0.05, 0) is 26.0 Å². The number of aliphatic carboxylic acids is 1. The van der Waals surface area contributed by atoms with Crippen molar-refractivity contribution in [2.24, 2.45) is 5.16 Å². The normalized spacial score (nSPS) is 22.2. The van der Waals surface area contributed by atoms with Gasteiger partial charge in [-0.1, -0.05) is 17.3 Å². The fourth-order valence-corrected chi connectivity index (χ4v) is 1.74. The van der Waals surface area contributed by atoms with Crippen molar-refractivity contribution in [1.29, 1.82) is 0 Å². The molecule has 0 amide bonds. The maximum absolute atomic E-state index is 11.0. The molecule has 0 saturated heterocycles. The zero-order valence-corrected chi connectivity index (χ0v) is 10.3. The molecule has 1 heterocycles. The predicted molar refractivity (Wildman–Crippen MR) is 65.9 cm³/mol. The Hall–Kier alpha value is -2.04. The number of nitrogens with zero attached hydrogens (tertiary/aromatic N) is 1. The van der Waals surface area contributed by atoms with Crippen molar-refractivity contribution in [2.75, 3.05) is 6.61 Å². The second-order valence-electron chi connectivity index (χ2n) is 4.30. The van der Waals surface area contributed by atoms with Gasteiger partial charge in [0, 0.05) is 12.0 Å². The Morgan fingerprint density at radius 1 is 1.61 bits per heavy atom. The van der Waals surface area contributed by atoms with Crippen LogP contribution in [0.2, 0.25) is 0 Å². The summed E-state index contributed by atoms with van der Waals surface area (Å²) in [6.07, 6.45) is 0.248. The predicted octanol–water partition coefficient (Wildman–Crippen LogP) is 2.05. The van der Waals surface area contributed by atoms with Crippen LogP contribution < -0.4 is 4.74 Å². The molecule has 1 unspecified atom stereocenters. The van der Waals surface area contributed by atoms with Crippen molar-refractivity contribution >= 4 is 11.7 Å². The van der Waals surface area contributed by atoms with Crippen LogP contribution in [0.5, 0.6) is 5.75 Å². The lowest BCUT2D eigenvalue weighted by molar-refractivity contribution is -0.160. The standard InChI is InChI=1S/C13H15NO4/c1-3-17-10-6-4-5-9(7-10)11-8-13(2,12(15)16)18-14-11/h4-7H,3,8H2,1-2H3,(H,15,16). The lowest BCUT2D eigenvalue weighted by atomic mass is 9.96. The summed E-state index contributed by atoms with van der Waals surface area (Å²) >= 11 is 0. The Kier molecular flexibility index (Phi) is 3.23. The van der Waals surface area contributed by atoms with E-state index in [1.165, 1.54) is 6.92 Å². The molecule has 96 valence electrons. The highest BCUT2D eigenvalue weighted by Crippen LogP contribution is 2.27. The van der Waals surface area contributed by atoms with Gasteiger partial charge >= 0.3 is 5.97 Å². The van der Waals surface area contributed by atoms with Gasteiger partial charge in [0.05, 0.1) is 12.3 Å². The zero-order chi connectivity index (χ0) is 13.2. The average Bonchev–Trinajstić information content (AvgIpc) is 2.74. The molecule has 0 aromatic heterocycles. The number of rotatable bonds is 4. The second kappa shape index (κ2) is 4.68. The SMILES string of the molecule is CCOc1cccc(C2=NOC(C)(C(=O)O)C2)c1. The van der Waals surface area contributed by atoms with Crippen LogP contribution in [0.15, 0.2) is 29.4 Å². The summed E-state index contributed by atoms with van der Waals surface area (Å²) in [7, 11) is 0. The summed E-state index contributed by atoms with van der Waals surface area (Å²) in [5, 5.41) is 12.9. The molecule has 1 aliphatic rings. The Morgan fingerprint density at radius 3 is 3.00 bits per heavy atom. The molecule has 1 N–H and O–H groups in total. The van der Waals surface area contributed by atoms with Gasteiger partial charge in [0.1, 0.15) is 5.75 Å². The van der Waals surface area contributed by atoms with Gasteiger partial charge < -0.3 is 14.7 Å². The summed E-state index contributed by atoms with van der Waals surface area (Å²) in [5.74, 6) is -0.274. The van der Waals surface area contributed by atoms with Crippen LogP contribution in [0.4, 0.5) is 0 Å². The van der Waals surface area contributed by atoms with E-state index < -0.39 is 11.6 Å². The van der Waals surface area contributed by atoms with Crippen molar-refractivity contribution in [3.05, 3.63) is 29.8 Å². The molecular weight excluding hydrogens is 234 g/mol. The quantitative estimate of drug-likeness (QED) is 0.886. The first-order valence-electron chi connectivity index (χ1n) is 5.77. The Morgan fingerprint density at radius 2 is 2.39 bits per heavy atom. The van der Waals surface area contributed by atoms with Crippen molar-refractivity contribution in [2.45, 2.75) is 25.9 Å². The third kappa shape index (κ3) is 2.30. The number of ether oxygens (including phenoxy) is 1. The van der Waals surface area contributed by atoms with Gasteiger partial charge in [-0.25, -0.2) is 4.79 Å². The van der Waals surface area contributed by atoms with Crippen molar-refractivity contribution in [1.82, 2.24) is 0 Å². The minimum atomic E-state index is -1.27. The Labute approximate surface area is 105 Å². The molecule has 0 aliphatic carbocycles. The summed E-state index contributed by atoms with van der Waals surface area (Å²) < 4.78 is 5.39. The van der Waals surface area contributed by atoms with Crippen LogP contribution in [0.25, 0.3) is 0 Å². The minimum absolute atomic E-state index is 0.248. The van der Waals surface area contributed by atoms with Crippen molar-refractivity contribution in [3.8, 4) is 5.75 Å². The Bertz CT molecular complexity index is 498. The molecule has 5 nitrogen and oxygen atoms in total.